The highest BCUT2D eigenvalue weighted by molar-refractivity contribution is 5.92. The average Bonchev–Trinajstić information content (AvgIpc) is 2.46. The van der Waals surface area contributed by atoms with Crippen molar-refractivity contribution in [1.82, 2.24) is 9.88 Å². The number of piperazine rings is 1. The summed E-state index contributed by atoms with van der Waals surface area (Å²) in [6.07, 6.45) is -0.833. The number of carboxylic acid groups (broad SMARTS) is 1. The lowest BCUT2D eigenvalue weighted by Crippen LogP contribution is -2.48. The van der Waals surface area contributed by atoms with E-state index in [9.17, 15) is 4.79 Å². The van der Waals surface area contributed by atoms with E-state index in [0.29, 0.717) is 13.1 Å². The topological polar surface area (TPSA) is 56.7 Å². The first-order valence-corrected chi connectivity index (χ1v) is 6.74. The van der Waals surface area contributed by atoms with Crippen molar-refractivity contribution < 1.29 is 9.90 Å². The summed E-state index contributed by atoms with van der Waals surface area (Å²) < 4.78 is 0. The normalized spacial score (nSPS) is 15.7. The molecule has 1 saturated heterocycles. The van der Waals surface area contributed by atoms with Crippen molar-refractivity contribution in [1.29, 1.82) is 0 Å². The molecule has 1 aliphatic heterocycles. The van der Waals surface area contributed by atoms with E-state index in [4.69, 9.17) is 5.11 Å². The van der Waals surface area contributed by atoms with Crippen LogP contribution in [0.15, 0.2) is 30.3 Å². The van der Waals surface area contributed by atoms with Crippen molar-refractivity contribution in [3.8, 4) is 0 Å². The van der Waals surface area contributed by atoms with Crippen LogP contribution in [0, 0.1) is 6.92 Å². The Bertz CT molecular complexity index is 649. The van der Waals surface area contributed by atoms with Crippen molar-refractivity contribution in [3.63, 3.8) is 0 Å². The van der Waals surface area contributed by atoms with Gasteiger partial charge in [-0.1, -0.05) is 6.07 Å². The molecule has 0 spiro atoms. The fraction of sp³-hybridized carbons (Fsp3) is 0.333. The summed E-state index contributed by atoms with van der Waals surface area (Å²) in [5.41, 5.74) is 3.13. The van der Waals surface area contributed by atoms with Gasteiger partial charge in [0.1, 0.15) is 0 Å². The van der Waals surface area contributed by atoms with E-state index in [0.717, 1.165) is 35.4 Å². The van der Waals surface area contributed by atoms with Crippen LogP contribution in [0.4, 0.5) is 10.5 Å². The van der Waals surface area contributed by atoms with E-state index in [-0.39, 0.29) is 0 Å². The molecule has 0 atom stereocenters. The quantitative estimate of drug-likeness (QED) is 0.865. The number of benzene rings is 1. The standard InChI is InChI=1S/C15H17N3O2/c1-11-5-6-12-13(16-11)3-2-4-14(12)17-7-9-18(10-8-17)15(19)20/h2-6H,7-10H2,1H3,(H,19,20). The number of amides is 1. The Hall–Kier alpha value is -2.30. The highest BCUT2D eigenvalue weighted by atomic mass is 16.4. The molecular formula is C15H17N3O2. The van der Waals surface area contributed by atoms with E-state index >= 15 is 0 Å². The Balaban J connectivity index is 1.90. The third-order valence-electron chi connectivity index (χ3n) is 3.74. The van der Waals surface area contributed by atoms with Crippen LogP contribution < -0.4 is 4.90 Å². The Morgan fingerprint density at radius 2 is 1.90 bits per heavy atom. The number of rotatable bonds is 1. The fourth-order valence-electron chi connectivity index (χ4n) is 2.66. The van der Waals surface area contributed by atoms with Gasteiger partial charge in [0.25, 0.3) is 0 Å². The molecule has 1 fully saturated rings. The summed E-state index contributed by atoms with van der Waals surface area (Å²) in [7, 11) is 0. The lowest BCUT2D eigenvalue weighted by Gasteiger charge is -2.35. The summed E-state index contributed by atoms with van der Waals surface area (Å²) in [4.78, 5) is 19.2. The van der Waals surface area contributed by atoms with Crippen LogP contribution in [-0.4, -0.2) is 47.3 Å². The number of nitrogens with zero attached hydrogens (tertiary/aromatic N) is 3. The molecule has 20 heavy (non-hydrogen) atoms. The fourth-order valence-corrected chi connectivity index (χ4v) is 2.66. The maximum Gasteiger partial charge on any atom is 0.407 e. The van der Waals surface area contributed by atoms with E-state index in [1.165, 1.54) is 4.90 Å². The number of anilines is 1. The first-order valence-electron chi connectivity index (χ1n) is 6.74. The number of pyridine rings is 1. The maximum atomic E-state index is 10.9. The van der Waals surface area contributed by atoms with Crippen molar-refractivity contribution in [3.05, 3.63) is 36.0 Å². The minimum absolute atomic E-state index is 0.547. The van der Waals surface area contributed by atoms with Crippen LogP contribution >= 0.6 is 0 Å². The van der Waals surface area contributed by atoms with E-state index < -0.39 is 6.09 Å². The molecule has 0 unspecified atom stereocenters. The van der Waals surface area contributed by atoms with Crippen LogP contribution in [0.1, 0.15) is 5.69 Å². The van der Waals surface area contributed by atoms with Gasteiger partial charge >= 0.3 is 6.09 Å². The molecule has 5 heteroatoms. The molecule has 0 radical (unpaired) electrons. The van der Waals surface area contributed by atoms with E-state index in [1.54, 1.807) is 0 Å². The molecule has 1 amide bonds. The van der Waals surface area contributed by atoms with Gasteiger partial charge in [-0.3, -0.25) is 4.98 Å². The van der Waals surface area contributed by atoms with Gasteiger partial charge in [-0.25, -0.2) is 4.79 Å². The molecule has 104 valence electrons. The molecule has 0 saturated carbocycles. The second kappa shape index (κ2) is 5.00. The zero-order chi connectivity index (χ0) is 14.1. The summed E-state index contributed by atoms with van der Waals surface area (Å²) >= 11 is 0. The van der Waals surface area contributed by atoms with Crippen molar-refractivity contribution in [2.45, 2.75) is 6.92 Å². The van der Waals surface area contributed by atoms with Crippen LogP contribution in [0.25, 0.3) is 10.9 Å². The van der Waals surface area contributed by atoms with Gasteiger partial charge in [-0.05, 0) is 31.2 Å². The van der Waals surface area contributed by atoms with Gasteiger partial charge in [0, 0.05) is 42.9 Å². The zero-order valence-corrected chi connectivity index (χ0v) is 11.4. The molecular weight excluding hydrogens is 254 g/mol. The minimum Gasteiger partial charge on any atom is -0.465 e. The second-order valence-corrected chi connectivity index (χ2v) is 5.05. The predicted octanol–water partition coefficient (Wildman–Crippen LogP) is 2.34. The summed E-state index contributed by atoms with van der Waals surface area (Å²) in [5, 5.41) is 10.1. The molecule has 2 heterocycles. The maximum absolute atomic E-state index is 10.9. The van der Waals surface area contributed by atoms with Gasteiger partial charge in [-0.15, -0.1) is 0 Å². The monoisotopic (exact) mass is 271 g/mol. The van der Waals surface area contributed by atoms with Crippen LogP contribution in [0.3, 0.4) is 0 Å². The Morgan fingerprint density at radius 1 is 1.15 bits per heavy atom. The molecule has 3 rings (SSSR count). The van der Waals surface area contributed by atoms with E-state index in [2.05, 4.69) is 22.0 Å². The second-order valence-electron chi connectivity index (χ2n) is 5.05. The summed E-state index contributed by atoms with van der Waals surface area (Å²) in [6.45, 7) is 4.52. The molecule has 1 aromatic carbocycles. The van der Waals surface area contributed by atoms with Crippen LogP contribution in [0.2, 0.25) is 0 Å². The molecule has 1 N–H and O–H groups in total. The number of hydrogen-bond acceptors (Lipinski definition) is 3. The minimum atomic E-state index is -0.833. The number of aromatic nitrogens is 1. The van der Waals surface area contributed by atoms with Crippen molar-refractivity contribution in [2.75, 3.05) is 31.1 Å². The lowest BCUT2D eigenvalue weighted by molar-refractivity contribution is 0.142. The van der Waals surface area contributed by atoms with Crippen LogP contribution in [0.5, 0.6) is 0 Å². The Morgan fingerprint density at radius 3 is 2.60 bits per heavy atom. The number of hydrogen-bond donors (Lipinski definition) is 1. The van der Waals surface area contributed by atoms with Crippen molar-refractivity contribution in [2.24, 2.45) is 0 Å². The molecule has 0 aliphatic carbocycles. The molecule has 0 bridgehead atoms. The predicted molar refractivity (Wildman–Crippen MR) is 78.3 cm³/mol. The number of fused-ring (bicyclic) bond motifs is 1. The highest BCUT2D eigenvalue weighted by Crippen LogP contribution is 2.26. The SMILES string of the molecule is Cc1ccc2c(N3CCN(C(=O)O)CC3)cccc2n1. The third kappa shape index (κ3) is 2.27. The Kier molecular flexibility index (Phi) is 3.18. The largest absolute Gasteiger partial charge is 0.465 e. The first-order chi connectivity index (χ1) is 9.65. The molecule has 2 aromatic rings. The third-order valence-corrected chi connectivity index (χ3v) is 3.74. The van der Waals surface area contributed by atoms with Gasteiger partial charge in [0.05, 0.1) is 5.52 Å². The lowest BCUT2D eigenvalue weighted by atomic mass is 10.1. The average molecular weight is 271 g/mol. The van der Waals surface area contributed by atoms with Crippen LogP contribution in [-0.2, 0) is 0 Å². The Labute approximate surface area is 117 Å². The number of aryl methyl sites for hydroxylation is 1. The van der Waals surface area contributed by atoms with Gasteiger partial charge in [0.2, 0.25) is 0 Å². The number of carbonyl (C=O) groups is 1. The molecule has 1 aromatic heterocycles. The van der Waals surface area contributed by atoms with Gasteiger partial charge in [0.15, 0.2) is 0 Å². The van der Waals surface area contributed by atoms with Gasteiger partial charge < -0.3 is 14.9 Å². The van der Waals surface area contributed by atoms with Gasteiger partial charge in [-0.2, -0.15) is 0 Å². The first kappa shape index (κ1) is 12.7. The highest BCUT2D eigenvalue weighted by Gasteiger charge is 2.21. The molecule has 1 aliphatic rings. The molecule has 5 nitrogen and oxygen atoms in total. The van der Waals surface area contributed by atoms with Crippen molar-refractivity contribution >= 4 is 22.7 Å². The smallest absolute Gasteiger partial charge is 0.407 e. The summed E-state index contributed by atoms with van der Waals surface area (Å²) in [5.74, 6) is 0. The zero-order valence-electron chi connectivity index (χ0n) is 11.4. The van der Waals surface area contributed by atoms with E-state index in [1.807, 2.05) is 25.1 Å². The summed E-state index contributed by atoms with van der Waals surface area (Å²) in [6, 6.07) is 10.2.